The fourth-order valence-electron chi connectivity index (χ4n) is 1.93. The molecular formula is C18H16N2O3. The van der Waals surface area contributed by atoms with Crippen LogP contribution < -0.4 is 10.1 Å². The fraction of sp³-hybridized carbons (Fsp3) is 0.167. The highest BCUT2D eigenvalue weighted by Gasteiger charge is 2.15. The summed E-state index contributed by atoms with van der Waals surface area (Å²) in [6.07, 6.45) is -0.719. The highest BCUT2D eigenvalue weighted by Crippen LogP contribution is 2.15. The van der Waals surface area contributed by atoms with E-state index in [9.17, 15) is 9.59 Å². The number of ketones is 1. The summed E-state index contributed by atoms with van der Waals surface area (Å²) in [6.45, 7) is 3.10. The molecule has 0 bridgehead atoms. The van der Waals surface area contributed by atoms with Crippen molar-refractivity contribution in [1.29, 1.82) is 5.26 Å². The number of benzene rings is 2. The predicted octanol–water partition coefficient (Wildman–Crippen LogP) is 3.17. The molecule has 0 fully saturated rings. The minimum absolute atomic E-state index is 0.0667. The SMILES string of the molecule is CC(=O)c1cccc(NC(=O)[C@H](C)Oc2ccc(C#N)cc2)c1. The first-order chi connectivity index (χ1) is 11.0. The second kappa shape index (κ2) is 7.23. The van der Waals surface area contributed by atoms with Crippen molar-refractivity contribution >= 4 is 17.4 Å². The molecule has 0 saturated heterocycles. The predicted molar refractivity (Wildman–Crippen MR) is 86.3 cm³/mol. The van der Waals surface area contributed by atoms with Gasteiger partial charge in [-0.05, 0) is 50.2 Å². The van der Waals surface area contributed by atoms with Crippen LogP contribution in [-0.4, -0.2) is 17.8 Å². The molecule has 5 heteroatoms. The molecule has 2 aromatic rings. The molecule has 2 aromatic carbocycles. The van der Waals surface area contributed by atoms with Crippen molar-refractivity contribution in [3.63, 3.8) is 0 Å². The standard InChI is InChI=1S/C18H16N2O3/c1-12(21)15-4-3-5-16(10-15)20-18(22)13(2)23-17-8-6-14(11-19)7-9-17/h3-10,13H,1-2H3,(H,20,22)/t13-/m0/s1. The molecule has 0 unspecified atom stereocenters. The van der Waals surface area contributed by atoms with E-state index in [0.717, 1.165) is 0 Å². The third-order valence-electron chi connectivity index (χ3n) is 3.20. The Morgan fingerprint density at radius 1 is 1.17 bits per heavy atom. The second-order valence-corrected chi connectivity index (χ2v) is 5.02. The van der Waals surface area contributed by atoms with Crippen molar-refractivity contribution in [2.45, 2.75) is 20.0 Å². The van der Waals surface area contributed by atoms with Gasteiger partial charge in [0.2, 0.25) is 0 Å². The van der Waals surface area contributed by atoms with Gasteiger partial charge in [0.15, 0.2) is 11.9 Å². The molecule has 0 spiro atoms. The van der Waals surface area contributed by atoms with E-state index in [2.05, 4.69) is 5.32 Å². The van der Waals surface area contributed by atoms with Gasteiger partial charge in [0.1, 0.15) is 5.75 Å². The van der Waals surface area contributed by atoms with Crippen LogP contribution in [0.15, 0.2) is 48.5 Å². The zero-order chi connectivity index (χ0) is 16.8. The number of hydrogen-bond donors (Lipinski definition) is 1. The van der Waals surface area contributed by atoms with Crippen molar-refractivity contribution in [2.24, 2.45) is 0 Å². The minimum Gasteiger partial charge on any atom is -0.481 e. The molecule has 0 aliphatic heterocycles. The van der Waals surface area contributed by atoms with Gasteiger partial charge >= 0.3 is 0 Å². The molecule has 0 saturated carbocycles. The summed E-state index contributed by atoms with van der Waals surface area (Å²) in [7, 11) is 0. The number of amides is 1. The third kappa shape index (κ3) is 4.42. The summed E-state index contributed by atoms with van der Waals surface area (Å²) >= 11 is 0. The van der Waals surface area contributed by atoms with Gasteiger partial charge in [-0.25, -0.2) is 0 Å². The number of carbonyl (C=O) groups excluding carboxylic acids is 2. The monoisotopic (exact) mass is 308 g/mol. The van der Waals surface area contributed by atoms with Gasteiger partial charge in [0.25, 0.3) is 5.91 Å². The second-order valence-electron chi connectivity index (χ2n) is 5.02. The third-order valence-corrected chi connectivity index (χ3v) is 3.20. The summed E-state index contributed by atoms with van der Waals surface area (Å²) in [6, 6.07) is 15.3. The number of hydrogen-bond acceptors (Lipinski definition) is 4. The maximum absolute atomic E-state index is 12.1. The molecule has 116 valence electrons. The quantitative estimate of drug-likeness (QED) is 0.860. The topological polar surface area (TPSA) is 79.2 Å². The van der Waals surface area contributed by atoms with Crippen LogP contribution >= 0.6 is 0 Å². The normalized spacial score (nSPS) is 11.2. The first kappa shape index (κ1) is 16.2. The smallest absolute Gasteiger partial charge is 0.265 e. The van der Waals surface area contributed by atoms with Crippen molar-refractivity contribution in [3.05, 3.63) is 59.7 Å². The number of ether oxygens (including phenoxy) is 1. The molecule has 0 aliphatic rings. The molecular weight excluding hydrogens is 292 g/mol. The molecule has 1 N–H and O–H groups in total. The highest BCUT2D eigenvalue weighted by atomic mass is 16.5. The van der Waals surface area contributed by atoms with Gasteiger partial charge in [-0.15, -0.1) is 0 Å². The van der Waals surface area contributed by atoms with Crippen LogP contribution in [0.2, 0.25) is 0 Å². The van der Waals surface area contributed by atoms with Crippen molar-refractivity contribution in [1.82, 2.24) is 0 Å². The van der Waals surface area contributed by atoms with Crippen molar-refractivity contribution in [2.75, 3.05) is 5.32 Å². The number of carbonyl (C=O) groups is 2. The molecule has 0 aromatic heterocycles. The van der Waals surface area contributed by atoms with Gasteiger partial charge in [0, 0.05) is 11.3 Å². The van der Waals surface area contributed by atoms with Gasteiger partial charge in [-0.2, -0.15) is 5.26 Å². The summed E-state index contributed by atoms with van der Waals surface area (Å²) < 4.78 is 5.54. The number of anilines is 1. The molecule has 0 aliphatic carbocycles. The average molecular weight is 308 g/mol. The Balaban J connectivity index is 2.00. The molecule has 5 nitrogen and oxygen atoms in total. The molecule has 0 heterocycles. The van der Waals surface area contributed by atoms with Crippen molar-refractivity contribution < 1.29 is 14.3 Å². The van der Waals surface area contributed by atoms with E-state index in [1.165, 1.54) is 6.92 Å². The van der Waals surface area contributed by atoms with Crippen LogP contribution in [0.5, 0.6) is 5.75 Å². The van der Waals surface area contributed by atoms with Crippen LogP contribution in [0.3, 0.4) is 0 Å². The average Bonchev–Trinajstić information content (AvgIpc) is 2.55. The van der Waals surface area contributed by atoms with E-state index in [4.69, 9.17) is 10.00 Å². The summed E-state index contributed by atoms with van der Waals surface area (Å²) in [5.74, 6) is 0.113. The lowest BCUT2D eigenvalue weighted by Crippen LogP contribution is -2.30. The van der Waals surface area contributed by atoms with E-state index in [-0.39, 0.29) is 11.7 Å². The Bertz CT molecular complexity index is 761. The van der Waals surface area contributed by atoms with Crippen LogP contribution in [-0.2, 0) is 4.79 Å². The summed E-state index contributed by atoms with van der Waals surface area (Å²) in [5, 5.41) is 11.5. The van der Waals surface area contributed by atoms with Crippen molar-refractivity contribution in [3.8, 4) is 11.8 Å². The zero-order valence-corrected chi connectivity index (χ0v) is 12.9. The van der Waals surface area contributed by atoms with E-state index < -0.39 is 6.10 Å². The molecule has 1 atom stereocenters. The Morgan fingerprint density at radius 3 is 2.48 bits per heavy atom. The van der Waals surface area contributed by atoms with Gasteiger partial charge in [-0.1, -0.05) is 12.1 Å². The molecule has 23 heavy (non-hydrogen) atoms. The first-order valence-corrected chi connectivity index (χ1v) is 7.08. The Hall–Kier alpha value is -3.13. The van der Waals surface area contributed by atoms with Gasteiger partial charge < -0.3 is 10.1 Å². The van der Waals surface area contributed by atoms with E-state index >= 15 is 0 Å². The maximum Gasteiger partial charge on any atom is 0.265 e. The highest BCUT2D eigenvalue weighted by molar-refractivity contribution is 5.98. The zero-order valence-electron chi connectivity index (χ0n) is 12.9. The van der Waals surface area contributed by atoms with E-state index in [0.29, 0.717) is 22.6 Å². The number of Topliss-reactive ketones (excluding diaryl/α,β-unsaturated/α-hetero) is 1. The van der Waals surface area contributed by atoms with Crippen LogP contribution in [0.4, 0.5) is 5.69 Å². The molecule has 0 radical (unpaired) electrons. The number of nitrogens with zero attached hydrogens (tertiary/aromatic N) is 1. The summed E-state index contributed by atoms with van der Waals surface area (Å²) in [5.41, 5.74) is 1.59. The number of nitriles is 1. The largest absolute Gasteiger partial charge is 0.481 e. The number of rotatable bonds is 5. The molecule has 2 rings (SSSR count). The fourth-order valence-corrected chi connectivity index (χ4v) is 1.93. The lowest BCUT2D eigenvalue weighted by Gasteiger charge is -2.15. The van der Waals surface area contributed by atoms with E-state index in [1.807, 2.05) is 6.07 Å². The van der Waals surface area contributed by atoms with Crippen LogP contribution in [0.1, 0.15) is 29.8 Å². The minimum atomic E-state index is -0.719. The Kier molecular flexibility index (Phi) is 5.11. The number of nitrogens with one attached hydrogen (secondary N) is 1. The maximum atomic E-state index is 12.1. The Morgan fingerprint density at radius 2 is 1.87 bits per heavy atom. The van der Waals surface area contributed by atoms with Crippen LogP contribution in [0, 0.1) is 11.3 Å². The first-order valence-electron chi connectivity index (χ1n) is 7.08. The van der Waals surface area contributed by atoms with Crippen LogP contribution in [0.25, 0.3) is 0 Å². The van der Waals surface area contributed by atoms with Gasteiger partial charge in [0.05, 0.1) is 11.6 Å². The lowest BCUT2D eigenvalue weighted by molar-refractivity contribution is -0.122. The molecule has 1 amide bonds. The van der Waals surface area contributed by atoms with E-state index in [1.54, 1.807) is 55.5 Å². The van der Waals surface area contributed by atoms with Gasteiger partial charge in [-0.3, -0.25) is 9.59 Å². The summed E-state index contributed by atoms with van der Waals surface area (Å²) in [4.78, 5) is 23.5. The Labute approximate surface area is 134 Å². The lowest BCUT2D eigenvalue weighted by atomic mass is 10.1.